The van der Waals surface area contributed by atoms with Gasteiger partial charge in [-0.05, 0) is 90.8 Å². The van der Waals surface area contributed by atoms with E-state index < -0.39 is 0 Å². The van der Waals surface area contributed by atoms with Crippen LogP contribution in [-0.2, 0) is 57.5 Å². The molecule has 0 aromatic heterocycles. The summed E-state index contributed by atoms with van der Waals surface area (Å²) in [7, 11) is 0. The van der Waals surface area contributed by atoms with Gasteiger partial charge in [-0.3, -0.25) is 57.5 Å². The largest absolute Gasteiger partial charge is 0.355 e. The SMILES string of the molecule is NCCCC(=O)CCN(CCNC(=O)CCN(CCCC(=O)CCCN(CCC(=O)NCCN)CCC(=O)NCCN)CCN(CCC(=O)CCCN(CCC(=O)NCCN)CCC(=O)NCCN)CCC(=O)NCCN(CCC(=O)CCCN)CCC(=O)CCCN)CCC(=O)CCCN. The second-order valence-corrected chi connectivity index (χ2v) is 25.7. The van der Waals surface area contributed by atoms with Gasteiger partial charge in [0.05, 0.1) is 0 Å². The molecule has 0 radical (unpaired) electrons. The Hall–Kier alpha value is -5.72. The highest BCUT2D eigenvalue weighted by atomic mass is 16.2. The minimum absolute atomic E-state index is 0.0185. The normalized spacial score (nSPS) is 11.5. The molecule has 0 aliphatic carbocycles. The molecule has 0 heterocycles. The molecule has 6 amide bonds. The van der Waals surface area contributed by atoms with Gasteiger partial charge in [0.2, 0.25) is 35.4 Å². The Labute approximate surface area is 602 Å². The molecule has 0 atom stereocenters. The lowest BCUT2D eigenvalue weighted by atomic mass is 10.1. The zero-order valence-corrected chi connectivity index (χ0v) is 61.5. The van der Waals surface area contributed by atoms with Crippen LogP contribution in [0.25, 0.3) is 0 Å². The summed E-state index contributed by atoms with van der Waals surface area (Å²) in [5.74, 6) is -0.828. The Morgan fingerprint density at radius 1 is 0.168 bits per heavy atom. The van der Waals surface area contributed by atoms with Gasteiger partial charge in [0.15, 0.2) is 0 Å². The number of amides is 6. The second-order valence-electron chi connectivity index (χ2n) is 25.7. The first-order valence-corrected chi connectivity index (χ1v) is 37.4. The number of carbonyl (C=O) groups excluding carboxylic acids is 12. The molecule has 0 aromatic rings. The van der Waals surface area contributed by atoms with Crippen molar-refractivity contribution < 1.29 is 57.5 Å². The monoisotopic (exact) mass is 1440 g/mol. The Morgan fingerprint density at radius 2 is 0.337 bits per heavy atom. The minimum atomic E-state index is -0.237. The Balaban J connectivity index is 6.76. The van der Waals surface area contributed by atoms with Crippen LogP contribution in [0.2, 0.25) is 0 Å². The number of Topliss-reactive ketones (excluding diaryl/α,β-unsaturated/α-hetero) is 6. The molecule has 32 nitrogen and oxygen atoms in total. The van der Waals surface area contributed by atoms with Crippen molar-refractivity contribution in [3.63, 3.8) is 0 Å². The lowest BCUT2D eigenvalue weighted by Crippen LogP contribution is -2.41. The van der Waals surface area contributed by atoms with Crippen molar-refractivity contribution in [2.45, 2.75) is 161 Å². The Morgan fingerprint density at radius 3 is 0.554 bits per heavy atom. The predicted octanol–water partition coefficient (Wildman–Crippen LogP) is -3.67. The molecule has 0 fully saturated rings. The molecule has 32 heteroatoms. The average molecular weight is 1440 g/mol. The predicted molar refractivity (Wildman–Crippen MR) is 395 cm³/mol. The van der Waals surface area contributed by atoms with Gasteiger partial charge in [-0.15, -0.1) is 0 Å². The van der Waals surface area contributed by atoms with Crippen molar-refractivity contribution in [2.75, 3.05) is 209 Å². The van der Waals surface area contributed by atoms with Gasteiger partial charge < -0.3 is 107 Å². The lowest BCUT2D eigenvalue weighted by molar-refractivity contribution is -0.123. The van der Waals surface area contributed by atoms with E-state index in [1.54, 1.807) is 0 Å². The van der Waals surface area contributed by atoms with Gasteiger partial charge in [0.1, 0.15) is 34.7 Å². The maximum absolute atomic E-state index is 13.8. The van der Waals surface area contributed by atoms with Crippen molar-refractivity contribution in [1.29, 1.82) is 0 Å². The maximum atomic E-state index is 13.8. The lowest BCUT2D eigenvalue weighted by Gasteiger charge is -2.28. The smallest absolute Gasteiger partial charge is 0.221 e. The van der Waals surface area contributed by atoms with Crippen molar-refractivity contribution in [1.82, 2.24) is 61.3 Å². The highest BCUT2D eigenvalue weighted by molar-refractivity contribution is 5.82. The summed E-state index contributed by atoms with van der Waals surface area (Å²) < 4.78 is 0. The topological polar surface area (TPSA) is 505 Å². The van der Waals surface area contributed by atoms with E-state index in [1.807, 2.05) is 24.5 Å². The first kappa shape index (κ1) is 95.3. The molecule has 101 heavy (non-hydrogen) atoms. The molecular formula is C69H136N20O12. The summed E-state index contributed by atoms with van der Waals surface area (Å²) >= 11 is 0. The number of ketones is 6. The average Bonchev–Trinajstić information content (AvgIpc) is 1.45. The molecule has 0 aliphatic heterocycles. The fraction of sp³-hybridized carbons (Fsp3) is 0.826. The minimum Gasteiger partial charge on any atom is -0.355 e. The summed E-state index contributed by atoms with van der Waals surface area (Å²) in [5, 5.41) is 17.1. The van der Waals surface area contributed by atoms with E-state index in [0.717, 1.165) is 0 Å². The van der Waals surface area contributed by atoms with Gasteiger partial charge in [-0.25, -0.2) is 0 Å². The summed E-state index contributed by atoms with van der Waals surface area (Å²) in [6.45, 7) is 11.8. The number of nitrogens with zero attached hydrogens (tertiary/aromatic N) is 6. The molecule has 0 saturated carbocycles. The third-order valence-electron chi connectivity index (χ3n) is 17.0. The summed E-state index contributed by atoms with van der Waals surface area (Å²) in [6.07, 6.45) is 8.23. The fourth-order valence-electron chi connectivity index (χ4n) is 10.8. The van der Waals surface area contributed by atoms with Crippen molar-refractivity contribution >= 4 is 70.1 Å². The molecule has 0 aliphatic rings. The van der Waals surface area contributed by atoms with Crippen LogP contribution in [0.3, 0.4) is 0 Å². The van der Waals surface area contributed by atoms with Gasteiger partial charge in [-0.2, -0.15) is 0 Å². The number of hydrogen-bond donors (Lipinski definition) is 14. The zero-order chi connectivity index (χ0) is 74.9. The highest BCUT2D eigenvalue weighted by Crippen LogP contribution is 2.10. The van der Waals surface area contributed by atoms with E-state index in [0.29, 0.717) is 273 Å². The van der Waals surface area contributed by atoms with Crippen LogP contribution < -0.4 is 77.8 Å². The third-order valence-corrected chi connectivity index (χ3v) is 17.0. The first-order valence-electron chi connectivity index (χ1n) is 37.4. The highest BCUT2D eigenvalue weighted by Gasteiger charge is 2.20. The molecular weight excluding hydrogens is 1300 g/mol. The molecule has 0 bridgehead atoms. The second kappa shape index (κ2) is 66.2. The van der Waals surface area contributed by atoms with Crippen LogP contribution in [0.4, 0.5) is 0 Å². The van der Waals surface area contributed by atoms with Gasteiger partial charge >= 0.3 is 0 Å². The zero-order valence-electron chi connectivity index (χ0n) is 61.5. The summed E-state index contributed by atoms with van der Waals surface area (Å²) in [5.41, 5.74) is 44.9. The molecule has 0 rings (SSSR count). The number of nitrogens with two attached hydrogens (primary N) is 8. The quantitative estimate of drug-likeness (QED) is 0.0279. The molecule has 0 aromatic carbocycles. The van der Waals surface area contributed by atoms with Crippen LogP contribution in [-0.4, -0.2) is 309 Å². The molecule has 22 N–H and O–H groups in total. The van der Waals surface area contributed by atoms with Crippen molar-refractivity contribution in [3.8, 4) is 0 Å². The van der Waals surface area contributed by atoms with E-state index >= 15 is 0 Å². The summed E-state index contributed by atoms with van der Waals surface area (Å²) in [6, 6.07) is 0. The van der Waals surface area contributed by atoms with E-state index in [4.69, 9.17) is 45.9 Å². The first-order chi connectivity index (χ1) is 48.7. The number of hydrogen-bond acceptors (Lipinski definition) is 26. The van der Waals surface area contributed by atoms with E-state index in [2.05, 4.69) is 36.8 Å². The van der Waals surface area contributed by atoms with Crippen molar-refractivity contribution in [2.24, 2.45) is 45.9 Å². The standard InChI is InChI=1S/C69H136N20O12/c70-26-1-8-59(91)15-43-87(44-16-60(92)9-2-27-71)54-38-82-68(100)24-52-86(42-6-13-58(90)12-5-40-84(48-20-64(96)78-34-30-74)49-21-65(97)79-35-31-75)56-57-89(47-19-63(95)14-7-41-85(50-22-66(98)80-36-32-76)51-23-67(99)81-37-33-77)53-25-69(101)83-39-55-88(45-17-61(93)10-3-28-72)46-18-62(94)11-4-29-73/h1-57,70-77H2,(H,78,96)(H,79,97)(H,80,98)(H,81,99)(H,82,100)(H,83,101). The van der Waals surface area contributed by atoms with E-state index in [-0.39, 0.29) is 167 Å². The van der Waals surface area contributed by atoms with Crippen LogP contribution in [0.1, 0.15) is 161 Å². The van der Waals surface area contributed by atoms with Gasteiger partial charge in [0, 0.05) is 279 Å². The molecule has 0 spiro atoms. The van der Waals surface area contributed by atoms with Crippen LogP contribution in [0, 0.1) is 0 Å². The van der Waals surface area contributed by atoms with Crippen molar-refractivity contribution in [3.05, 3.63) is 0 Å². The van der Waals surface area contributed by atoms with Gasteiger partial charge in [0.25, 0.3) is 0 Å². The Bertz CT molecular complexity index is 2120. The Kier molecular flexibility index (Phi) is 62.5. The van der Waals surface area contributed by atoms with Crippen LogP contribution in [0.5, 0.6) is 0 Å². The van der Waals surface area contributed by atoms with E-state index in [9.17, 15) is 57.5 Å². The number of rotatable bonds is 74. The third kappa shape index (κ3) is 59.4. The molecule has 0 unspecified atom stereocenters. The van der Waals surface area contributed by atoms with Crippen LogP contribution >= 0.6 is 0 Å². The summed E-state index contributed by atoms with van der Waals surface area (Å²) in [4.78, 5) is 167. The fourth-order valence-corrected chi connectivity index (χ4v) is 10.8. The molecule has 584 valence electrons. The van der Waals surface area contributed by atoms with Gasteiger partial charge in [-0.1, -0.05) is 0 Å². The number of nitrogens with one attached hydrogen (secondary N) is 6. The number of carbonyl (C=O) groups is 12. The maximum Gasteiger partial charge on any atom is 0.221 e. The molecule has 0 saturated heterocycles. The van der Waals surface area contributed by atoms with E-state index in [1.165, 1.54) is 0 Å². The van der Waals surface area contributed by atoms with Crippen LogP contribution in [0.15, 0.2) is 0 Å².